The van der Waals surface area contributed by atoms with Gasteiger partial charge in [-0.1, -0.05) is 0 Å². The van der Waals surface area contributed by atoms with Crippen molar-refractivity contribution in [2.24, 2.45) is 4.99 Å². The Morgan fingerprint density at radius 2 is 2.12 bits per heavy atom. The average Bonchev–Trinajstić information content (AvgIpc) is 2.27. The number of amides is 1. The maximum absolute atomic E-state index is 10.7. The SMILES string of the molecule is CN(C)/C=N/C(=S)NC1CCN(C(=O)O)CC1. The number of hydrogen-bond acceptors (Lipinski definition) is 2. The molecular weight excluding hydrogens is 240 g/mol. The lowest BCUT2D eigenvalue weighted by Gasteiger charge is -2.30. The molecule has 0 aromatic rings. The summed E-state index contributed by atoms with van der Waals surface area (Å²) in [5.74, 6) is 0. The molecule has 0 aliphatic carbocycles. The summed E-state index contributed by atoms with van der Waals surface area (Å²) >= 11 is 5.07. The Morgan fingerprint density at radius 3 is 2.59 bits per heavy atom. The summed E-state index contributed by atoms with van der Waals surface area (Å²) < 4.78 is 0. The van der Waals surface area contributed by atoms with Crippen LogP contribution >= 0.6 is 12.2 Å². The van der Waals surface area contributed by atoms with Crippen molar-refractivity contribution in [1.29, 1.82) is 0 Å². The molecule has 6 nitrogen and oxygen atoms in total. The summed E-state index contributed by atoms with van der Waals surface area (Å²) in [6.07, 6.45) is 2.33. The first-order valence-corrected chi connectivity index (χ1v) is 5.89. The summed E-state index contributed by atoms with van der Waals surface area (Å²) in [6, 6.07) is 0.220. The molecule has 17 heavy (non-hydrogen) atoms. The van der Waals surface area contributed by atoms with Crippen LogP contribution in [0.3, 0.4) is 0 Å². The fourth-order valence-corrected chi connectivity index (χ4v) is 1.81. The smallest absolute Gasteiger partial charge is 0.407 e. The van der Waals surface area contributed by atoms with Crippen molar-refractivity contribution in [2.75, 3.05) is 27.2 Å². The molecule has 1 rings (SSSR count). The molecule has 0 bridgehead atoms. The number of nitrogens with zero attached hydrogens (tertiary/aromatic N) is 3. The van der Waals surface area contributed by atoms with Gasteiger partial charge in [-0.3, -0.25) is 0 Å². The van der Waals surface area contributed by atoms with Gasteiger partial charge in [-0.15, -0.1) is 0 Å². The number of thiocarbonyl (C=S) groups is 1. The lowest BCUT2D eigenvalue weighted by Crippen LogP contribution is -2.45. The molecule has 1 heterocycles. The third-order valence-electron chi connectivity index (χ3n) is 2.50. The molecule has 1 aliphatic rings. The quantitative estimate of drug-likeness (QED) is 0.431. The number of carbonyl (C=O) groups is 1. The average molecular weight is 258 g/mol. The molecule has 0 atom stereocenters. The zero-order valence-electron chi connectivity index (χ0n) is 10.1. The zero-order valence-corrected chi connectivity index (χ0v) is 10.9. The van der Waals surface area contributed by atoms with Crippen LogP contribution in [-0.2, 0) is 0 Å². The van der Waals surface area contributed by atoms with E-state index in [9.17, 15) is 4.79 Å². The van der Waals surface area contributed by atoms with Crippen molar-refractivity contribution in [2.45, 2.75) is 18.9 Å². The van der Waals surface area contributed by atoms with E-state index in [0.717, 1.165) is 12.8 Å². The lowest BCUT2D eigenvalue weighted by atomic mass is 10.1. The Labute approximate surface area is 106 Å². The lowest BCUT2D eigenvalue weighted by molar-refractivity contribution is 0.131. The highest BCUT2D eigenvalue weighted by Gasteiger charge is 2.22. The van der Waals surface area contributed by atoms with Gasteiger partial charge in [0.1, 0.15) is 0 Å². The minimum Gasteiger partial charge on any atom is -0.465 e. The molecular formula is C10H18N4O2S. The Bertz CT molecular complexity index is 311. The largest absolute Gasteiger partial charge is 0.465 e. The number of carboxylic acid groups (broad SMARTS) is 1. The monoisotopic (exact) mass is 258 g/mol. The highest BCUT2D eigenvalue weighted by molar-refractivity contribution is 7.80. The Kier molecular flexibility index (Phi) is 5.14. The van der Waals surface area contributed by atoms with Gasteiger partial charge in [-0.2, -0.15) is 0 Å². The van der Waals surface area contributed by atoms with Crippen LogP contribution in [-0.4, -0.2) is 65.7 Å². The van der Waals surface area contributed by atoms with E-state index in [2.05, 4.69) is 10.3 Å². The van der Waals surface area contributed by atoms with Crippen LogP contribution in [0.2, 0.25) is 0 Å². The number of nitrogens with one attached hydrogen (secondary N) is 1. The van der Waals surface area contributed by atoms with Crippen LogP contribution < -0.4 is 5.32 Å². The number of aliphatic imine (C=N–C) groups is 1. The normalized spacial score (nSPS) is 17.2. The molecule has 2 N–H and O–H groups in total. The van der Waals surface area contributed by atoms with Crippen LogP contribution in [0.5, 0.6) is 0 Å². The molecule has 0 saturated carbocycles. The molecule has 1 fully saturated rings. The van der Waals surface area contributed by atoms with Gasteiger partial charge in [0.15, 0.2) is 5.11 Å². The maximum atomic E-state index is 10.7. The standard InChI is InChI=1S/C10H18N4O2S/c1-13(2)7-11-9(17)12-8-3-5-14(6-4-8)10(15)16/h7-8H,3-6H2,1-2H3,(H,12,17)(H,15,16)/b11-7+. The number of rotatable bonds is 2. The fourth-order valence-electron chi connectivity index (χ4n) is 1.59. The van der Waals surface area contributed by atoms with E-state index in [1.54, 1.807) is 11.2 Å². The molecule has 0 radical (unpaired) electrons. The molecule has 1 amide bonds. The van der Waals surface area contributed by atoms with Crippen LogP contribution in [0.1, 0.15) is 12.8 Å². The van der Waals surface area contributed by atoms with Crippen LogP contribution in [0.25, 0.3) is 0 Å². The van der Waals surface area contributed by atoms with Gasteiger partial charge in [0.2, 0.25) is 0 Å². The predicted molar refractivity (Wildman–Crippen MR) is 70.5 cm³/mol. The first-order chi connectivity index (χ1) is 7.99. The fraction of sp³-hybridized carbons (Fsp3) is 0.700. The minimum absolute atomic E-state index is 0.220. The maximum Gasteiger partial charge on any atom is 0.407 e. The van der Waals surface area contributed by atoms with E-state index >= 15 is 0 Å². The Hall–Kier alpha value is -1.37. The van der Waals surface area contributed by atoms with Crippen molar-refractivity contribution in [1.82, 2.24) is 15.1 Å². The van der Waals surface area contributed by atoms with E-state index in [1.165, 1.54) is 4.90 Å². The molecule has 0 aromatic carbocycles. The summed E-state index contributed by atoms with van der Waals surface area (Å²) in [5.41, 5.74) is 0. The van der Waals surface area contributed by atoms with E-state index in [4.69, 9.17) is 17.3 Å². The van der Waals surface area contributed by atoms with Crippen LogP contribution in [0.4, 0.5) is 4.79 Å². The van der Waals surface area contributed by atoms with Crippen molar-refractivity contribution >= 4 is 29.8 Å². The molecule has 7 heteroatoms. The first-order valence-electron chi connectivity index (χ1n) is 5.48. The van der Waals surface area contributed by atoms with Gasteiger partial charge >= 0.3 is 6.09 Å². The second-order valence-corrected chi connectivity index (χ2v) is 4.59. The first kappa shape index (κ1) is 13.7. The van der Waals surface area contributed by atoms with E-state index in [1.807, 2.05) is 14.1 Å². The summed E-state index contributed by atoms with van der Waals surface area (Å²) in [5, 5.41) is 12.4. The number of likely N-dealkylation sites (tertiary alicyclic amines) is 1. The zero-order chi connectivity index (χ0) is 12.8. The third kappa shape index (κ3) is 4.99. The van der Waals surface area contributed by atoms with Crippen molar-refractivity contribution in [3.8, 4) is 0 Å². The number of piperidine rings is 1. The topological polar surface area (TPSA) is 68.2 Å². The molecule has 1 aliphatic heterocycles. The molecule has 0 unspecified atom stereocenters. The minimum atomic E-state index is -0.850. The summed E-state index contributed by atoms with van der Waals surface area (Å²) in [6.45, 7) is 1.10. The Balaban J connectivity index is 2.31. The van der Waals surface area contributed by atoms with Gasteiger partial charge < -0.3 is 20.2 Å². The number of hydrogen-bond donors (Lipinski definition) is 2. The third-order valence-corrected chi connectivity index (χ3v) is 2.72. The second kappa shape index (κ2) is 6.39. The van der Waals surface area contributed by atoms with Crippen molar-refractivity contribution in [3.63, 3.8) is 0 Å². The Morgan fingerprint density at radius 1 is 1.53 bits per heavy atom. The highest BCUT2D eigenvalue weighted by Crippen LogP contribution is 2.10. The van der Waals surface area contributed by atoms with Crippen LogP contribution in [0, 0.1) is 0 Å². The molecule has 0 spiro atoms. The van der Waals surface area contributed by atoms with Crippen LogP contribution in [0.15, 0.2) is 4.99 Å². The molecule has 1 saturated heterocycles. The molecule has 96 valence electrons. The van der Waals surface area contributed by atoms with E-state index in [0.29, 0.717) is 18.2 Å². The molecule has 0 aromatic heterocycles. The summed E-state index contributed by atoms with van der Waals surface area (Å²) in [7, 11) is 3.74. The van der Waals surface area contributed by atoms with Gasteiger partial charge in [0.25, 0.3) is 0 Å². The van der Waals surface area contributed by atoms with E-state index < -0.39 is 6.09 Å². The van der Waals surface area contributed by atoms with Crippen molar-refractivity contribution in [3.05, 3.63) is 0 Å². The van der Waals surface area contributed by atoms with E-state index in [-0.39, 0.29) is 6.04 Å². The van der Waals surface area contributed by atoms with Gasteiger partial charge in [-0.05, 0) is 25.1 Å². The van der Waals surface area contributed by atoms with Gasteiger partial charge in [0.05, 0.1) is 6.34 Å². The predicted octanol–water partition coefficient (Wildman–Crippen LogP) is 0.593. The highest BCUT2D eigenvalue weighted by atomic mass is 32.1. The van der Waals surface area contributed by atoms with Crippen molar-refractivity contribution < 1.29 is 9.90 Å². The second-order valence-electron chi connectivity index (χ2n) is 4.20. The van der Waals surface area contributed by atoms with Gasteiger partial charge in [0, 0.05) is 33.2 Å². The van der Waals surface area contributed by atoms with Gasteiger partial charge in [-0.25, -0.2) is 9.79 Å². The summed E-state index contributed by atoms with van der Waals surface area (Å²) in [4.78, 5) is 18.0.